The van der Waals surface area contributed by atoms with E-state index in [4.69, 9.17) is 4.74 Å². The van der Waals surface area contributed by atoms with Crippen molar-refractivity contribution in [3.63, 3.8) is 0 Å². The topological polar surface area (TPSA) is 41.6 Å². The van der Waals surface area contributed by atoms with Gasteiger partial charge in [-0.05, 0) is 46.7 Å². The van der Waals surface area contributed by atoms with Crippen LogP contribution in [-0.4, -0.2) is 50.2 Å². The molecule has 0 unspecified atom stereocenters. The maximum Gasteiger partial charge on any atom is 0.223 e. The maximum absolute atomic E-state index is 12.1. The fourth-order valence-electron chi connectivity index (χ4n) is 2.34. The van der Waals surface area contributed by atoms with Crippen molar-refractivity contribution in [2.45, 2.75) is 39.7 Å². The second kappa shape index (κ2) is 8.33. The first-order valence-electron chi connectivity index (χ1n) is 7.18. The van der Waals surface area contributed by atoms with Gasteiger partial charge in [0.05, 0.1) is 6.61 Å². The number of likely N-dealkylation sites (tertiary alicyclic amines) is 1. The lowest BCUT2D eigenvalue weighted by Gasteiger charge is -2.31. The first kappa shape index (κ1) is 16.2. The Kier molecular flexibility index (Phi) is 7.10. The third-order valence-electron chi connectivity index (χ3n) is 3.52. The van der Waals surface area contributed by atoms with Gasteiger partial charge in [0.1, 0.15) is 0 Å². The molecular weight excluding hydrogens is 240 g/mol. The molecule has 19 heavy (non-hydrogen) atoms. The van der Waals surface area contributed by atoms with E-state index >= 15 is 0 Å². The Labute approximate surface area is 117 Å². The first-order chi connectivity index (χ1) is 9.02. The van der Waals surface area contributed by atoms with Crippen LogP contribution in [0, 0.1) is 5.92 Å². The van der Waals surface area contributed by atoms with Crippen molar-refractivity contribution in [1.82, 2.24) is 10.2 Å². The average Bonchev–Trinajstić information content (AvgIpc) is 2.37. The van der Waals surface area contributed by atoms with Gasteiger partial charge in [-0.1, -0.05) is 11.6 Å². The van der Waals surface area contributed by atoms with Crippen LogP contribution in [0.2, 0.25) is 0 Å². The van der Waals surface area contributed by atoms with E-state index in [-0.39, 0.29) is 17.9 Å². The Morgan fingerprint density at radius 1 is 1.42 bits per heavy atom. The third kappa shape index (κ3) is 6.21. The van der Waals surface area contributed by atoms with Crippen molar-refractivity contribution < 1.29 is 9.53 Å². The van der Waals surface area contributed by atoms with E-state index < -0.39 is 0 Å². The number of carbonyl (C=O) groups is 1. The molecular formula is C15H28N2O2. The highest BCUT2D eigenvalue weighted by Crippen LogP contribution is 2.17. The smallest absolute Gasteiger partial charge is 0.223 e. The van der Waals surface area contributed by atoms with Crippen molar-refractivity contribution in [2.24, 2.45) is 5.92 Å². The van der Waals surface area contributed by atoms with Crippen LogP contribution in [-0.2, 0) is 9.53 Å². The predicted molar refractivity (Wildman–Crippen MR) is 78.1 cm³/mol. The van der Waals surface area contributed by atoms with E-state index in [1.54, 1.807) is 7.11 Å². The number of nitrogens with zero attached hydrogens (tertiary/aromatic N) is 1. The monoisotopic (exact) mass is 268 g/mol. The Morgan fingerprint density at radius 3 is 2.58 bits per heavy atom. The van der Waals surface area contributed by atoms with Gasteiger partial charge in [0.15, 0.2) is 0 Å². The number of ether oxygens (including phenoxy) is 1. The van der Waals surface area contributed by atoms with Gasteiger partial charge in [0, 0.05) is 25.6 Å². The summed E-state index contributed by atoms with van der Waals surface area (Å²) in [6, 6.07) is 0.0983. The lowest BCUT2D eigenvalue weighted by Crippen LogP contribution is -2.44. The fourth-order valence-corrected chi connectivity index (χ4v) is 2.34. The van der Waals surface area contributed by atoms with E-state index in [1.165, 1.54) is 5.57 Å². The normalized spacial score (nSPS) is 18.9. The summed E-state index contributed by atoms with van der Waals surface area (Å²) in [7, 11) is 1.66. The van der Waals surface area contributed by atoms with Gasteiger partial charge in [-0.15, -0.1) is 0 Å². The minimum atomic E-state index is 0.0983. The summed E-state index contributed by atoms with van der Waals surface area (Å²) < 4.78 is 5.03. The van der Waals surface area contributed by atoms with E-state index in [2.05, 4.69) is 30.1 Å². The molecule has 1 aliphatic rings. The van der Waals surface area contributed by atoms with Crippen LogP contribution in [0.3, 0.4) is 0 Å². The average molecular weight is 268 g/mol. The SMILES string of the molecule is COC[C@@H](C)NC(=O)C1CCN(CC=C(C)C)CC1. The summed E-state index contributed by atoms with van der Waals surface area (Å²) in [5.74, 6) is 0.355. The van der Waals surface area contributed by atoms with Gasteiger partial charge in [-0.25, -0.2) is 0 Å². The van der Waals surface area contributed by atoms with Crippen molar-refractivity contribution >= 4 is 5.91 Å². The van der Waals surface area contributed by atoms with Crippen LogP contribution in [0.5, 0.6) is 0 Å². The maximum atomic E-state index is 12.1. The van der Waals surface area contributed by atoms with Gasteiger partial charge in [-0.3, -0.25) is 9.69 Å². The fraction of sp³-hybridized carbons (Fsp3) is 0.800. The molecule has 4 heteroatoms. The highest BCUT2D eigenvalue weighted by atomic mass is 16.5. The zero-order valence-electron chi connectivity index (χ0n) is 12.7. The highest BCUT2D eigenvalue weighted by Gasteiger charge is 2.25. The number of carbonyl (C=O) groups excluding carboxylic acids is 1. The standard InChI is InChI=1S/C15H28N2O2/c1-12(2)5-8-17-9-6-14(7-10-17)15(18)16-13(3)11-19-4/h5,13-14H,6-11H2,1-4H3,(H,16,18)/t13-/m1/s1. The number of allylic oxidation sites excluding steroid dienone is 1. The summed E-state index contributed by atoms with van der Waals surface area (Å²) in [6.07, 6.45) is 4.17. The zero-order chi connectivity index (χ0) is 14.3. The molecule has 0 spiro atoms. The van der Waals surface area contributed by atoms with Crippen molar-refractivity contribution in [3.8, 4) is 0 Å². The van der Waals surface area contributed by atoms with E-state index in [0.717, 1.165) is 32.5 Å². The molecule has 1 atom stereocenters. The second-order valence-electron chi connectivity index (χ2n) is 5.72. The van der Waals surface area contributed by atoms with Crippen molar-refractivity contribution in [2.75, 3.05) is 33.4 Å². The van der Waals surface area contributed by atoms with Gasteiger partial charge in [0.2, 0.25) is 5.91 Å². The lowest BCUT2D eigenvalue weighted by atomic mass is 9.95. The number of methoxy groups -OCH3 is 1. The molecule has 0 aromatic carbocycles. The van der Waals surface area contributed by atoms with Crippen LogP contribution in [0.4, 0.5) is 0 Å². The zero-order valence-corrected chi connectivity index (χ0v) is 12.7. The van der Waals surface area contributed by atoms with Crippen LogP contribution in [0.25, 0.3) is 0 Å². The van der Waals surface area contributed by atoms with Gasteiger partial charge < -0.3 is 10.1 Å². The predicted octanol–water partition coefficient (Wildman–Crippen LogP) is 1.82. The minimum Gasteiger partial charge on any atom is -0.383 e. The van der Waals surface area contributed by atoms with Crippen LogP contribution in [0.15, 0.2) is 11.6 Å². The second-order valence-corrected chi connectivity index (χ2v) is 5.72. The minimum absolute atomic E-state index is 0.0983. The number of hydrogen-bond donors (Lipinski definition) is 1. The third-order valence-corrected chi connectivity index (χ3v) is 3.52. The molecule has 0 aromatic rings. The largest absolute Gasteiger partial charge is 0.383 e. The van der Waals surface area contributed by atoms with Gasteiger partial charge in [0.25, 0.3) is 0 Å². The molecule has 1 heterocycles. The molecule has 4 nitrogen and oxygen atoms in total. The Morgan fingerprint density at radius 2 is 2.05 bits per heavy atom. The number of rotatable bonds is 6. The molecule has 1 amide bonds. The molecule has 1 fully saturated rings. The first-order valence-corrected chi connectivity index (χ1v) is 7.18. The number of piperidine rings is 1. The van der Waals surface area contributed by atoms with Crippen LogP contribution >= 0.6 is 0 Å². The molecule has 1 N–H and O–H groups in total. The van der Waals surface area contributed by atoms with Crippen LogP contribution in [0.1, 0.15) is 33.6 Å². The van der Waals surface area contributed by atoms with E-state index in [9.17, 15) is 4.79 Å². The summed E-state index contributed by atoms with van der Waals surface area (Å²) in [5, 5.41) is 3.02. The van der Waals surface area contributed by atoms with Gasteiger partial charge in [-0.2, -0.15) is 0 Å². The van der Waals surface area contributed by atoms with E-state index in [1.807, 2.05) is 6.92 Å². The van der Waals surface area contributed by atoms with Crippen molar-refractivity contribution in [1.29, 1.82) is 0 Å². The van der Waals surface area contributed by atoms with Crippen molar-refractivity contribution in [3.05, 3.63) is 11.6 Å². The van der Waals surface area contributed by atoms with E-state index in [0.29, 0.717) is 6.61 Å². The molecule has 1 saturated heterocycles. The molecule has 0 radical (unpaired) electrons. The molecule has 0 aromatic heterocycles. The number of nitrogens with one attached hydrogen (secondary N) is 1. The number of hydrogen-bond acceptors (Lipinski definition) is 3. The highest BCUT2D eigenvalue weighted by molar-refractivity contribution is 5.79. The molecule has 0 aliphatic carbocycles. The Hall–Kier alpha value is -0.870. The molecule has 110 valence electrons. The molecule has 0 bridgehead atoms. The molecule has 1 aliphatic heterocycles. The Bertz CT molecular complexity index is 303. The summed E-state index contributed by atoms with van der Waals surface area (Å²) in [4.78, 5) is 14.5. The van der Waals surface area contributed by atoms with Crippen LogP contribution < -0.4 is 5.32 Å². The quantitative estimate of drug-likeness (QED) is 0.747. The van der Waals surface area contributed by atoms with Gasteiger partial charge >= 0.3 is 0 Å². The lowest BCUT2D eigenvalue weighted by molar-refractivity contribution is -0.127. The Balaban J connectivity index is 2.29. The molecule has 1 rings (SSSR count). The molecule has 0 saturated carbocycles. The summed E-state index contributed by atoms with van der Waals surface area (Å²) in [5.41, 5.74) is 1.35. The number of amides is 1. The summed E-state index contributed by atoms with van der Waals surface area (Å²) in [6.45, 7) is 9.84. The summed E-state index contributed by atoms with van der Waals surface area (Å²) >= 11 is 0.